The predicted molar refractivity (Wildman–Crippen MR) is 70.2 cm³/mol. The van der Waals surface area contributed by atoms with Crippen molar-refractivity contribution in [3.63, 3.8) is 0 Å². The van der Waals surface area contributed by atoms with Gasteiger partial charge in [-0.1, -0.05) is 11.6 Å². The first-order valence-corrected chi connectivity index (χ1v) is 5.96. The standard InChI is InChI=1S/C10H12ClIN2O/c1-6(5-13)14-10(15)8-4-7(11)2-3-9(8)12/h2-4,6H,5,13H2,1H3,(H,14,15)/t6-/m1/s1. The Morgan fingerprint density at radius 3 is 2.93 bits per heavy atom. The number of amides is 1. The molecule has 1 amide bonds. The van der Waals surface area contributed by atoms with E-state index in [4.69, 9.17) is 17.3 Å². The Labute approximate surface area is 108 Å². The minimum absolute atomic E-state index is 0.0349. The van der Waals surface area contributed by atoms with Gasteiger partial charge in [0, 0.05) is 21.2 Å². The van der Waals surface area contributed by atoms with Crippen LogP contribution in [-0.2, 0) is 0 Å². The molecule has 1 atom stereocenters. The minimum atomic E-state index is -0.139. The molecule has 15 heavy (non-hydrogen) atoms. The third-order valence-electron chi connectivity index (χ3n) is 1.90. The Hall–Kier alpha value is -0.330. The van der Waals surface area contributed by atoms with Gasteiger partial charge in [0.1, 0.15) is 0 Å². The fourth-order valence-corrected chi connectivity index (χ4v) is 1.78. The zero-order valence-corrected chi connectivity index (χ0v) is 11.2. The van der Waals surface area contributed by atoms with E-state index < -0.39 is 0 Å². The van der Waals surface area contributed by atoms with Crippen LogP contribution in [0.25, 0.3) is 0 Å². The summed E-state index contributed by atoms with van der Waals surface area (Å²) in [6.07, 6.45) is 0. The van der Waals surface area contributed by atoms with Crippen molar-refractivity contribution in [2.75, 3.05) is 6.54 Å². The van der Waals surface area contributed by atoms with E-state index in [0.717, 1.165) is 3.57 Å². The molecule has 1 rings (SSSR count). The number of nitrogens with one attached hydrogen (secondary N) is 1. The molecule has 1 aromatic carbocycles. The summed E-state index contributed by atoms with van der Waals surface area (Å²) in [4.78, 5) is 11.8. The first-order valence-electron chi connectivity index (χ1n) is 4.50. The molecule has 3 N–H and O–H groups in total. The summed E-state index contributed by atoms with van der Waals surface area (Å²) in [5, 5.41) is 3.34. The van der Waals surface area contributed by atoms with Crippen LogP contribution in [0.5, 0.6) is 0 Å². The number of carbonyl (C=O) groups is 1. The van der Waals surface area contributed by atoms with E-state index in [1.165, 1.54) is 0 Å². The molecule has 0 spiro atoms. The van der Waals surface area contributed by atoms with Crippen LogP contribution in [-0.4, -0.2) is 18.5 Å². The molecule has 5 heteroatoms. The van der Waals surface area contributed by atoms with Crippen molar-refractivity contribution >= 4 is 40.1 Å². The quantitative estimate of drug-likeness (QED) is 0.829. The minimum Gasteiger partial charge on any atom is -0.348 e. The van der Waals surface area contributed by atoms with Crippen LogP contribution in [0, 0.1) is 3.57 Å². The largest absolute Gasteiger partial charge is 0.348 e. The molecular weight excluding hydrogens is 326 g/mol. The molecule has 3 nitrogen and oxygen atoms in total. The van der Waals surface area contributed by atoms with E-state index in [0.29, 0.717) is 17.1 Å². The zero-order chi connectivity index (χ0) is 11.4. The zero-order valence-electron chi connectivity index (χ0n) is 8.26. The normalized spacial score (nSPS) is 12.3. The molecule has 0 unspecified atom stereocenters. The molecule has 0 saturated heterocycles. The van der Waals surface area contributed by atoms with Crippen molar-refractivity contribution in [3.8, 4) is 0 Å². The molecule has 0 radical (unpaired) electrons. The number of benzene rings is 1. The lowest BCUT2D eigenvalue weighted by Crippen LogP contribution is -2.38. The average molecular weight is 339 g/mol. The van der Waals surface area contributed by atoms with Crippen LogP contribution in [0.15, 0.2) is 18.2 Å². The van der Waals surface area contributed by atoms with Crippen LogP contribution >= 0.6 is 34.2 Å². The molecule has 0 aliphatic carbocycles. The van der Waals surface area contributed by atoms with Gasteiger partial charge in [0.05, 0.1) is 5.56 Å². The lowest BCUT2D eigenvalue weighted by atomic mass is 10.2. The summed E-state index contributed by atoms with van der Waals surface area (Å²) >= 11 is 7.92. The number of hydrogen-bond donors (Lipinski definition) is 2. The molecule has 0 fully saturated rings. The predicted octanol–water partition coefficient (Wildman–Crippen LogP) is 2.02. The number of rotatable bonds is 3. The van der Waals surface area contributed by atoms with E-state index in [1.54, 1.807) is 12.1 Å². The Kier molecular flexibility index (Phi) is 4.82. The van der Waals surface area contributed by atoms with Gasteiger partial charge in [0.15, 0.2) is 0 Å². The van der Waals surface area contributed by atoms with Gasteiger partial charge < -0.3 is 11.1 Å². The van der Waals surface area contributed by atoms with Crippen molar-refractivity contribution in [2.24, 2.45) is 5.73 Å². The van der Waals surface area contributed by atoms with Crippen molar-refractivity contribution in [2.45, 2.75) is 13.0 Å². The van der Waals surface area contributed by atoms with Crippen molar-refractivity contribution in [1.82, 2.24) is 5.32 Å². The van der Waals surface area contributed by atoms with E-state index in [9.17, 15) is 4.79 Å². The molecule has 0 aliphatic heterocycles. The molecule has 0 aromatic heterocycles. The topological polar surface area (TPSA) is 55.1 Å². The monoisotopic (exact) mass is 338 g/mol. The van der Waals surface area contributed by atoms with E-state index in [-0.39, 0.29) is 11.9 Å². The maximum absolute atomic E-state index is 11.8. The summed E-state index contributed by atoms with van der Waals surface area (Å²) in [6, 6.07) is 5.19. The van der Waals surface area contributed by atoms with Gasteiger partial charge >= 0.3 is 0 Å². The maximum Gasteiger partial charge on any atom is 0.252 e. The van der Waals surface area contributed by atoms with Gasteiger partial charge in [0.2, 0.25) is 0 Å². The molecule has 1 aromatic rings. The maximum atomic E-state index is 11.8. The van der Waals surface area contributed by atoms with E-state index >= 15 is 0 Å². The van der Waals surface area contributed by atoms with E-state index in [1.807, 2.05) is 13.0 Å². The van der Waals surface area contributed by atoms with Crippen molar-refractivity contribution in [1.29, 1.82) is 0 Å². The van der Waals surface area contributed by atoms with Gasteiger partial charge in [0.25, 0.3) is 5.91 Å². The molecule has 0 aliphatic rings. The lowest BCUT2D eigenvalue weighted by Gasteiger charge is -2.12. The third-order valence-corrected chi connectivity index (χ3v) is 3.08. The Bertz CT molecular complexity index is 370. The summed E-state index contributed by atoms with van der Waals surface area (Å²) < 4.78 is 0.874. The second-order valence-corrected chi connectivity index (χ2v) is 4.83. The highest BCUT2D eigenvalue weighted by Crippen LogP contribution is 2.17. The van der Waals surface area contributed by atoms with Crippen molar-refractivity contribution in [3.05, 3.63) is 32.4 Å². The van der Waals surface area contributed by atoms with Gasteiger partial charge in [-0.3, -0.25) is 4.79 Å². The molecular formula is C10H12ClIN2O. The smallest absolute Gasteiger partial charge is 0.252 e. The van der Waals surface area contributed by atoms with Crippen LogP contribution in [0.1, 0.15) is 17.3 Å². The van der Waals surface area contributed by atoms with Gasteiger partial charge in [-0.05, 0) is 47.7 Å². The van der Waals surface area contributed by atoms with Crippen LogP contribution in [0.4, 0.5) is 0 Å². The number of hydrogen-bond acceptors (Lipinski definition) is 2. The first kappa shape index (κ1) is 12.7. The average Bonchev–Trinajstić information content (AvgIpc) is 2.21. The second-order valence-electron chi connectivity index (χ2n) is 3.23. The molecule has 0 heterocycles. The number of halogens is 2. The highest BCUT2D eigenvalue weighted by molar-refractivity contribution is 14.1. The number of carbonyl (C=O) groups excluding carboxylic acids is 1. The fourth-order valence-electron chi connectivity index (χ4n) is 1.03. The Balaban J connectivity index is 2.86. The SMILES string of the molecule is C[C@H](CN)NC(=O)c1cc(Cl)ccc1I. The van der Waals surface area contributed by atoms with Crippen molar-refractivity contribution < 1.29 is 4.79 Å². The molecule has 0 saturated carbocycles. The Morgan fingerprint density at radius 1 is 1.67 bits per heavy atom. The van der Waals surface area contributed by atoms with Gasteiger partial charge in [-0.15, -0.1) is 0 Å². The second kappa shape index (κ2) is 5.67. The summed E-state index contributed by atoms with van der Waals surface area (Å²) in [6.45, 7) is 2.28. The van der Waals surface area contributed by atoms with Gasteiger partial charge in [-0.2, -0.15) is 0 Å². The van der Waals surface area contributed by atoms with Crippen LogP contribution in [0.3, 0.4) is 0 Å². The summed E-state index contributed by atoms with van der Waals surface area (Å²) in [5.41, 5.74) is 6.01. The molecule has 0 bridgehead atoms. The third kappa shape index (κ3) is 3.62. The highest BCUT2D eigenvalue weighted by Gasteiger charge is 2.12. The highest BCUT2D eigenvalue weighted by atomic mass is 127. The van der Waals surface area contributed by atoms with Crippen LogP contribution in [0.2, 0.25) is 5.02 Å². The summed E-state index contributed by atoms with van der Waals surface area (Å²) in [7, 11) is 0. The van der Waals surface area contributed by atoms with E-state index in [2.05, 4.69) is 27.9 Å². The fraction of sp³-hybridized carbons (Fsp3) is 0.300. The van der Waals surface area contributed by atoms with Gasteiger partial charge in [-0.25, -0.2) is 0 Å². The molecule has 82 valence electrons. The lowest BCUT2D eigenvalue weighted by molar-refractivity contribution is 0.0940. The Morgan fingerprint density at radius 2 is 2.33 bits per heavy atom. The van der Waals surface area contributed by atoms with Crippen LogP contribution < -0.4 is 11.1 Å². The first-order chi connectivity index (χ1) is 7.04. The number of nitrogens with two attached hydrogens (primary N) is 1. The summed E-state index contributed by atoms with van der Waals surface area (Å²) in [5.74, 6) is -0.139.